The van der Waals surface area contributed by atoms with E-state index < -0.39 is 29.9 Å². The van der Waals surface area contributed by atoms with Crippen molar-refractivity contribution in [1.29, 1.82) is 0 Å². The Labute approximate surface area is 407 Å². The molecule has 3 aromatic rings. The molecule has 67 heavy (non-hydrogen) atoms. The van der Waals surface area contributed by atoms with Crippen LogP contribution in [0.15, 0.2) is 113 Å². The van der Waals surface area contributed by atoms with Crippen LogP contribution in [0.4, 0.5) is 0 Å². The molecule has 13 atom stereocenters. The molecule has 8 heteroatoms. The molecule has 8 rings (SSSR count). The van der Waals surface area contributed by atoms with Gasteiger partial charge in [0, 0.05) is 0 Å². The van der Waals surface area contributed by atoms with Gasteiger partial charge in [0.05, 0.1) is 42.7 Å². The monoisotopic (exact) mass is 933 g/mol. The van der Waals surface area contributed by atoms with Crippen molar-refractivity contribution in [3.05, 3.63) is 130 Å². The number of ketones is 1. The molecule has 4 aliphatic carbocycles. The molecule has 0 radical (unpaired) electrons. The van der Waals surface area contributed by atoms with Crippen molar-refractivity contribution in [2.75, 3.05) is 6.61 Å². The van der Waals surface area contributed by atoms with Crippen molar-refractivity contribution in [1.82, 2.24) is 0 Å². The predicted octanol–water partition coefficient (Wildman–Crippen LogP) is 14.0. The molecule has 1 saturated heterocycles. The first-order valence-corrected chi connectivity index (χ1v) is 26.7. The smallest absolute Gasteiger partial charge is 0.173 e. The zero-order valence-corrected chi connectivity index (χ0v) is 42.4. The number of allylic oxidation sites excluding steroid dienone is 3. The summed E-state index contributed by atoms with van der Waals surface area (Å²) in [5.41, 5.74) is 5.30. The van der Waals surface area contributed by atoms with Gasteiger partial charge in [-0.2, -0.15) is 0 Å². The summed E-state index contributed by atoms with van der Waals surface area (Å²) in [6.45, 7) is 17.0. The van der Waals surface area contributed by atoms with E-state index in [2.05, 4.69) is 77.1 Å². The van der Waals surface area contributed by atoms with Crippen molar-refractivity contribution in [2.24, 2.45) is 46.3 Å². The van der Waals surface area contributed by atoms with E-state index in [1.807, 2.05) is 54.6 Å². The number of Topliss-reactive ketones (excluding diaryl/α,β-unsaturated/α-hetero) is 1. The number of hydrogen-bond donors (Lipinski definition) is 1. The maximum atomic E-state index is 13.3. The first-order chi connectivity index (χ1) is 32.3. The molecule has 5 aliphatic rings. The maximum absolute atomic E-state index is 13.3. The third kappa shape index (κ3) is 11.7. The van der Waals surface area contributed by atoms with Crippen LogP contribution in [0.5, 0.6) is 0 Å². The summed E-state index contributed by atoms with van der Waals surface area (Å²) in [4.78, 5) is 13.5. The highest BCUT2D eigenvalue weighted by Gasteiger charge is 2.59. The standard InChI is InChI=1S/C59H80O7S/c1-39(2)18-17-19-40(3)49-28-29-50-48-27-26-46-34-47(30-32-58(46,6)51(48)31-33-59(49,50)7)65-57-56(67-55(41(4)60)42(5)61)54(64-37-45-24-15-10-16-25-45)53(63-36-44-22-13-9-14-23-44)52(66-57)38-62-35-43-20-11-8-12-21-43/h8-16,20-26,39-40,47-54,56-57,60H,17-19,27-38H2,1-7H3/b55-41-/t40-,47+,48+,49-,50+,51+,52-,53-,54+,56-,57-,58+,59-/m1/s1. The highest BCUT2D eigenvalue weighted by molar-refractivity contribution is 8.04. The number of carbonyl (C=O) groups excluding carboxylic acids is 1. The van der Waals surface area contributed by atoms with Crippen LogP contribution in [-0.4, -0.2) is 53.5 Å². The van der Waals surface area contributed by atoms with Crippen LogP contribution in [0.3, 0.4) is 0 Å². The van der Waals surface area contributed by atoms with Gasteiger partial charge >= 0.3 is 0 Å². The van der Waals surface area contributed by atoms with E-state index in [-0.39, 0.29) is 34.6 Å². The molecule has 1 aliphatic heterocycles. The topological polar surface area (TPSA) is 83.5 Å². The largest absolute Gasteiger partial charge is 0.511 e. The minimum absolute atomic E-state index is 0.0266. The summed E-state index contributed by atoms with van der Waals surface area (Å²) in [6, 6.07) is 30.5. The van der Waals surface area contributed by atoms with Crippen molar-refractivity contribution in [3.63, 3.8) is 0 Å². The molecule has 1 heterocycles. The lowest BCUT2D eigenvalue weighted by atomic mass is 9.47. The fraction of sp³-hybridized carbons (Fsp3) is 0.610. The van der Waals surface area contributed by atoms with Gasteiger partial charge < -0.3 is 28.8 Å². The summed E-state index contributed by atoms with van der Waals surface area (Å²) in [5.74, 6) is 4.47. The van der Waals surface area contributed by atoms with Gasteiger partial charge in [-0.1, -0.05) is 157 Å². The third-order valence-corrected chi connectivity index (χ3v) is 18.6. The Morgan fingerprint density at radius 3 is 2.01 bits per heavy atom. The van der Waals surface area contributed by atoms with Crippen LogP contribution < -0.4 is 0 Å². The molecule has 364 valence electrons. The highest BCUT2D eigenvalue weighted by Crippen LogP contribution is 2.67. The molecule has 0 aromatic heterocycles. The molecule has 3 saturated carbocycles. The van der Waals surface area contributed by atoms with E-state index in [0.29, 0.717) is 31.2 Å². The van der Waals surface area contributed by atoms with Crippen LogP contribution in [0, 0.1) is 46.3 Å². The number of thioether (sulfide) groups is 1. The molecule has 0 amide bonds. The van der Waals surface area contributed by atoms with Gasteiger partial charge in [-0.25, -0.2) is 0 Å². The van der Waals surface area contributed by atoms with Crippen molar-refractivity contribution in [2.45, 2.75) is 175 Å². The third-order valence-electron chi connectivity index (χ3n) is 17.0. The summed E-state index contributed by atoms with van der Waals surface area (Å²) in [7, 11) is 0. The number of carbonyl (C=O) groups is 1. The maximum Gasteiger partial charge on any atom is 0.173 e. The number of hydrogen-bond acceptors (Lipinski definition) is 8. The first kappa shape index (κ1) is 50.2. The summed E-state index contributed by atoms with van der Waals surface area (Å²) < 4.78 is 34.8. The molecule has 7 nitrogen and oxygen atoms in total. The van der Waals surface area contributed by atoms with Gasteiger partial charge in [0.25, 0.3) is 0 Å². The minimum atomic E-state index is -0.777. The highest BCUT2D eigenvalue weighted by atomic mass is 32.2. The van der Waals surface area contributed by atoms with Crippen molar-refractivity contribution >= 4 is 17.5 Å². The Morgan fingerprint density at radius 1 is 0.776 bits per heavy atom. The average molecular weight is 933 g/mol. The molecule has 3 aromatic carbocycles. The number of rotatable bonds is 20. The van der Waals surface area contributed by atoms with Crippen molar-refractivity contribution < 1.29 is 33.6 Å². The van der Waals surface area contributed by atoms with Crippen LogP contribution in [0.2, 0.25) is 0 Å². The second-order valence-corrected chi connectivity index (χ2v) is 23.1. The molecule has 0 spiro atoms. The molecule has 1 N–H and O–H groups in total. The van der Waals surface area contributed by atoms with E-state index >= 15 is 0 Å². The fourth-order valence-corrected chi connectivity index (χ4v) is 14.8. The average Bonchev–Trinajstić information content (AvgIpc) is 3.68. The van der Waals surface area contributed by atoms with Gasteiger partial charge in [0.1, 0.15) is 24.1 Å². The Morgan fingerprint density at radius 2 is 1.40 bits per heavy atom. The van der Waals surface area contributed by atoms with Crippen LogP contribution in [0.1, 0.15) is 136 Å². The van der Waals surface area contributed by atoms with E-state index in [9.17, 15) is 9.90 Å². The number of aliphatic hydroxyl groups is 1. The predicted molar refractivity (Wildman–Crippen MR) is 270 cm³/mol. The molecule has 0 bridgehead atoms. The van der Waals surface area contributed by atoms with Crippen LogP contribution in [0.25, 0.3) is 0 Å². The quantitative estimate of drug-likeness (QED) is 0.0681. The number of aliphatic hydroxyl groups excluding tert-OH is 1. The Kier molecular flexibility index (Phi) is 17.0. The lowest BCUT2D eigenvalue weighted by molar-refractivity contribution is -0.286. The summed E-state index contributed by atoms with van der Waals surface area (Å²) in [5, 5.41) is 10.4. The summed E-state index contributed by atoms with van der Waals surface area (Å²) in [6.07, 6.45) is 13.7. The van der Waals surface area contributed by atoms with E-state index in [1.54, 1.807) is 12.5 Å². The lowest BCUT2D eigenvalue weighted by Gasteiger charge is -2.58. The SMILES string of the molecule is CC(=O)/C(S[C@H]1[C@H](O[C@H]2CC[C@@]3(C)C(=CC[C@H]4[C@@H]5CC[C@H]([C@H](C)CCCC(C)C)[C@@]5(C)CC[C@@H]43)C2)O[C@H](COCc2ccccc2)[C@@H](OCc2ccccc2)[C@@H]1OCc1ccccc1)=C(\C)O. The number of ether oxygens (including phenoxy) is 5. The minimum Gasteiger partial charge on any atom is -0.511 e. The molecular formula is C59H80O7S. The molecular weight excluding hydrogens is 853 g/mol. The van der Waals surface area contributed by atoms with Gasteiger partial charge in [-0.15, -0.1) is 11.8 Å². The Bertz CT molecular complexity index is 2100. The first-order valence-electron chi connectivity index (χ1n) is 25.8. The zero-order chi connectivity index (χ0) is 47.1. The molecule has 4 fully saturated rings. The summed E-state index contributed by atoms with van der Waals surface area (Å²) >= 11 is 1.29. The second kappa shape index (κ2) is 22.7. The van der Waals surface area contributed by atoms with E-state index in [4.69, 9.17) is 23.7 Å². The van der Waals surface area contributed by atoms with E-state index in [0.717, 1.165) is 65.5 Å². The van der Waals surface area contributed by atoms with Gasteiger partial charge in [0.2, 0.25) is 0 Å². The van der Waals surface area contributed by atoms with Gasteiger partial charge in [0.15, 0.2) is 12.1 Å². The van der Waals surface area contributed by atoms with E-state index in [1.165, 1.54) is 70.1 Å². The lowest BCUT2D eigenvalue weighted by Crippen LogP contribution is -2.60. The van der Waals surface area contributed by atoms with Crippen LogP contribution in [-0.2, 0) is 48.3 Å². The molecule has 0 unspecified atom stereocenters. The van der Waals surface area contributed by atoms with Gasteiger partial charge in [-0.05, 0) is 128 Å². The normalized spacial score (nSPS) is 33.5. The van der Waals surface area contributed by atoms with Crippen molar-refractivity contribution in [3.8, 4) is 0 Å². The second-order valence-electron chi connectivity index (χ2n) is 21.9. The Hall–Kier alpha value is -3.24. The van der Waals surface area contributed by atoms with Crippen LogP contribution >= 0.6 is 11.8 Å². The fourth-order valence-electron chi connectivity index (χ4n) is 13.6. The zero-order valence-electron chi connectivity index (χ0n) is 41.6. The number of benzene rings is 3. The Balaban J connectivity index is 1.06. The number of fused-ring (bicyclic) bond motifs is 5. The van der Waals surface area contributed by atoms with Gasteiger partial charge in [-0.3, -0.25) is 4.79 Å².